The monoisotopic (exact) mass is 500 g/mol. The minimum absolute atomic E-state index is 0.0736. The number of fused-ring (bicyclic) bond motifs is 1. The average Bonchev–Trinajstić information content (AvgIpc) is 3.32. The van der Waals surface area contributed by atoms with Crippen molar-refractivity contribution in [3.8, 4) is 0 Å². The van der Waals surface area contributed by atoms with Crippen molar-refractivity contribution in [1.29, 1.82) is 0 Å². The summed E-state index contributed by atoms with van der Waals surface area (Å²) in [6.07, 6.45) is 5.20. The molecule has 0 aromatic heterocycles. The molecule has 0 aromatic carbocycles. The first-order chi connectivity index (χ1) is 14.8. The third-order valence-corrected chi connectivity index (χ3v) is 7.65. The number of halogens is 1. The highest BCUT2D eigenvalue weighted by molar-refractivity contribution is 9.09. The molecule has 3 aliphatic heterocycles. The molecule has 1 unspecified atom stereocenters. The molecule has 174 valence electrons. The van der Waals surface area contributed by atoms with Crippen molar-refractivity contribution in [1.82, 2.24) is 9.80 Å². The number of hydrogen-bond donors (Lipinski definition) is 2. The minimum atomic E-state index is -1.13. The second-order valence-electron chi connectivity index (χ2n) is 8.74. The van der Waals surface area contributed by atoms with Crippen LogP contribution in [0.5, 0.6) is 0 Å². The van der Waals surface area contributed by atoms with Crippen molar-refractivity contribution in [2.45, 2.75) is 68.0 Å². The first-order valence-electron chi connectivity index (χ1n) is 11.2. The van der Waals surface area contributed by atoms with E-state index in [1.54, 1.807) is 15.9 Å². The molecule has 1 spiro atoms. The second-order valence-corrected chi connectivity index (χ2v) is 9.92. The number of nitrogens with zero attached hydrogens (tertiary/aromatic N) is 2. The van der Waals surface area contributed by atoms with Gasteiger partial charge in [-0.2, -0.15) is 0 Å². The van der Waals surface area contributed by atoms with Gasteiger partial charge < -0.3 is 24.7 Å². The molecule has 3 saturated heterocycles. The number of carboxylic acid groups (broad SMARTS) is 1. The SMILES string of the molecule is C=CCN(CCCC)C(=O)[C@H]1N(CCCCCO)C(=O)[C@@H]2[C@@H](C(=O)O)[C@@H]3O[C@@]21CC3Br. The predicted molar refractivity (Wildman–Crippen MR) is 118 cm³/mol. The molecule has 3 heterocycles. The highest BCUT2D eigenvalue weighted by atomic mass is 79.9. The van der Waals surface area contributed by atoms with Crippen LogP contribution in [0, 0.1) is 11.8 Å². The van der Waals surface area contributed by atoms with Crippen molar-refractivity contribution in [3.05, 3.63) is 12.7 Å². The Morgan fingerprint density at radius 2 is 2.10 bits per heavy atom. The van der Waals surface area contributed by atoms with Crippen LogP contribution in [0.15, 0.2) is 12.7 Å². The first kappa shape index (κ1) is 24.2. The van der Waals surface area contributed by atoms with Gasteiger partial charge in [0.25, 0.3) is 0 Å². The van der Waals surface area contributed by atoms with E-state index in [-0.39, 0.29) is 23.2 Å². The Hall–Kier alpha value is -1.45. The van der Waals surface area contributed by atoms with E-state index >= 15 is 0 Å². The Balaban J connectivity index is 1.96. The van der Waals surface area contributed by atoms with Gasteiger partial charge in [-0.1, -0.05) is 35.4 Å². The van der Waals surface area contributed by atoms with Crippen LogP contribution in [0.4, 0.5) is 0 Å². The fourth-order valence-electron chi connectivity index (χ4n) is 5.47. The quantitative estimate of drug-likeness (QED) is 0.240. The van der Waals surface area contributed by atoms with Crippen LogP contribution in [-0.2, 0) is 19.1 Å². The maximum Gasteiger partial charge on any atom is 0.310 e. The summed E-state index contributed by atoms with van der Waals surface area (Å²) in [6, 6.07) is -0.842. The number of unbranched alkanes of at least 4 members (excludes halogenated alkanes) is 3. The number of amides is 2. The summed E-state index contributed by atoms with van der Waals surface area (Å²) >= 11 is 3.55. The van der Waals surface area contributed by atoms with Gasteiger partial charge in [-0.05, 0) is 32.1 Å². The number of likely N-dealkylation sites (tertiary alicyclic amines) is 1. The Labute approximate surface area is 191 Å². The zero-order chi connectivity index (χ0) is 22.8. The summed E-state index contributed by atoms with van der Waals surface area (Å²) in [7, 11) is 0. The van der Waals surface area contributed by atoms with Crippen molar-refractivity contribution in [3.63, 3.8) is 0 Å². The van der Waals surface area contributed by atoms with Crippen LogP contribution in [0.1, 0.15) is 45.4 Å². The van der Waals surface area contributed by atoms with Crippen molar-refractivity contribution < 1.29 is 29.3 Å². The summed E-state index contributed by atoms with van der Waals surface area (Å²) in [6.45, 7) is 7.15. The molecule has 9 heteroatoms. The standard InChI is InChI=1S/C22H33BrN2O6/c1-3-5-10-24(9-4-2)20(28)18-22-13-14(23)17(31-22)15(21(29)30)16(22)19(27)25(18)11-7-6-8-12-26/h4,14-18,26H,2-3,5-13H2,1H3,(H,29,30)/t14?,15-,16+,17-,18-,22+/m1/s1. The molecule has 2 N–H and O–H groups in total. The van der Waals surface area contributed by atoms with Gasteiger partial charge in [-0.3, -0.25) is 14.4 Å². The number of rotatable bonds is 12. The number of ether oxygens (including phenoxy) is 1. The zero-order valence-corrected chi connectivity index (χ0v) is 19.6. The van der Waals surface area contributed by atoms with Gasteiger partial charge in [-0.25, -0.2) is 0 Å². The number of hydrogen-bond acceptors (Lipinski definition) is 5. The molecule has 3 aliphatic rings. The maximum absolute atomic E-state index is 13.8. The fraction of sp³-hybridized carbons (Fsp3) is 0.773. The molecule has 3 rings (SSSR count). The molecule has 2 bridgehead atoms. The van der Waals surface area contributed by atoms with Crippen molar-refractivity contribution in [2.75, 3.05) is 26.2 Å². The van der Waals surface area contributed by atoms with Gasteiger partial charge in [0.05, 0.1) is 17.9 Å². The number of carboxylic acids is 1. The van der Waals surface area contributed by atoms with E-state index in [4.69, 9.17) is 9.84 Å². The summed E-state index contributed by atoms with van der Waals surface area (Å²) < 4.78 is 6.26. The third-order valence-electron chi connectivity index (χ3n) is 6.81. The molecule has 0 radical (unpaired) electrons. The summed E-state index contributed by atoms with van der Waals surface area (Å²) in [5.74, 6) is -3.38. The lowest BCUT2D eigenvalue weighted by Crippen LogP contribution is -2.57. The Morgan fingerprint density at radius 1 is 1.35 bits per heavy atom. The van der Waals surface area contributed by atoms with E-state index in [2.05, 4.69) is 22.5 Å². The Kier molecular flexibility index (Phi) is 7.81. The van der Waals surface area contributed by atoms with Gasteiger partial charge in [0.2, 0.25) is 11.8 Å². The predicted octanol–water partition coefficient (Wildman–Crippen LogP) is 1.80. The third kappa shape index (κ3) is 4.16. The number of carbonyl (C=O) groups is 3. The van der Waals surface area contributed by atoms with E-state index in [9.17, 15) is 19.5 Å². The number of alkyl halides is 1. The second kappa shape index (κ2) is 10.0. The molecule has 0 aliphatic carbocycles. The van der Waals surface area contributed by atoms with Gasteiger partial charge in [0.15, 0.2) is 0 Å². The van der Waals surface area contributed by atoms with E-state index in [0.29, 0.717) is 38.9 Å². The van der Waals surface area contributed by atoms with Crippen LogP contribution in [0.25, 0.3) is 0 Å². The topological polar surface area (TPSA) is 107 Å². The van der Waals surface area contributed by atoms with E-state index < -0.39 is 35.6 Å². The number of aliphatic hydroxyl groups excluding tert-OH is 1. The van der Waals surface area contributed by atoms with Gasteiger partial charge in [0, 0.05) is 31.1 Å². The molecule has 6 atom stereocenters. The van der Waals surface area contributed by atoms with Crippen LogP contribution in [-0.4, -0.2) is 86.6 Å². The van der Waals surface area contributed by atoms with Crippen LogP contribution < -0.4 is 0 Å². The van der Waals surface area contributed by atoms with Gasteiger partial charge in [-0.15, -0.1) is 6.58 Å². The minimum Gasteiger partial charge on any atom is -0.481 e. The normalized spacial score (nSPS) is 33.6. The van der Waals surface area contributed by atoms with Crippen LogP contribution >= 0.6 is 15.9 Å². The number of carbonyl (C=O) groups excluding carboxylic acids is 2. The van der Waals surface area contributed by atoms with Crippen LogP contribution in [0.2, 0.25) is 0 Å². The lowest BCUT2D eigenvalue weighted by molar-refractivity contribution is -0.150. The summed E-state index contributed by atoms with van der Waals surface area (Å²) in [5.41, 5.74) is -1.13. The number of aliphatic hydroxyl groups is 1. The number of aliphatic carboxylic acids is 1. The molecule has 3 fully saturated rings. The lowest BCUT2D eigenvalue weighted by Gasteiger charge is -2.37. The fourth-order valence-corrected chi connectivity index (χ4v) is 6.41. The highest BCUT2D eigenvalue weighted by Gasteiger charge is 2.76. The maximum atomic E-state index is 13.8. The molecule has 31 heavy (non-hydrogen) atoms. The van der Waals surface area contributed by atoms with E-state index in [1.807, 2.05) is 6.92 Å². The summed E-state index contributed by atoms with van der Waals surface area (Å²) in [4.78, 5) is 42.4. The summed E-state index contributed by atoms with van der Waals surface area (Å²) in [5, 5.41) is 18.9. The highest BCUT2D eigenvalue weighted by Crippen LogP contribution is 2.60. The molecule has 0 aromatic rings. The molecule has 0 saturated carbocycles. The van der Waals surface area contributed by atoms with Gasteiger partial charge >= 0.3 is 5.97 Å². The van der Waals surface area contributed by atoms with Crippen molar-refractivity contribution >= 4 is 33.7 Å². The van der Waals surface area contributed by atoms with Gasteiger partial charge in [0.1, 0.15) is 11.6 Å². The largest absolute Gasteiger partial charge is 0.481 e. The average molecular weight is 501 g/mol. The Bertz CT molecular complexity index is 718. The van der Waals surface area contributed by atoms with E-state index in [0.717, 1.165) is 19.3 Å². The molecular weight excluding hydrogens is 468 g/mol. The zero-order valence-electron chi connectivity index (χ0n) is 18.0. The Morgan fingerprint density at radius 3 is 2.71 bits per heavy atom. The molecular formula is C22H33BrN2O6. The van der Waals surface area contributed by atoms with Crippen molar-refractivity contribution in [2.24, 2.45) is 11.8 Å². The first-order valence-corrected chi connectivity index (χ1v) is 12.1. The van der Waals surface area contributed by atoms with Crippen LogP contribution in [0.3, 0.4) is 0 Å². The smallest absolute Gasteiger partial charge is 0.310 e. The molecule has 8 nitrogen and oxygen atoms in total. The van der Waals surface area contributed by atoms with E-state index in [1.165, 1.54) is 0 Å². The molecule has 2 amide bonds. The lowest BCUT2D eigenvalue weighted by atomic mass is 9.70.